The summed E-state index contributed by atoms with van der Waals surface area (Å²) in [5, 5.41) is 13.5. The summed E-state index contributed by atoms with van der Waals surface area (Å²) in [6, 6.07) is 14.0. The lowest BCUT2D eigenvalue weighted by Gasteiger charge is -2.21. The molecule has 1 atom stereocenters. The molecule has 1 saturated heterocycles. The van der Waals surface area contributed by atoms with E-state index >= 15 is 0 Å². The Bertz CT molecular complexity index is 1450. The van der Waals surface area contributed by atoms with Crippen molar-refractivity contribution in [3.8, 4) is 5.75 Å². The van der Waals surface area contributed by atoms with Crippen LogP contribution < -0.4 is 9.64 Å². The average Bonchev–Trinajstić information content (AvgIpc) is 3.54. The highest BCUT2D eigenvalue weighted by molar-refractivity contribution is 7.22. The largest absolute Gasteiger partial charge is 0.507 e. The lowest BCUT2D eigenvalue weighted by Crippen LogP contribution is -2.28. The van der Waals surface area contributed by atoms with E-state index in [4.69, 9.17) is 4.74 Å². The third-order valence-corrected chi connectivity index (χ3v) is 7.85. The molecule has 0 spiro atoms. The first-order chi connectivity index (χ1) is 16.4. The minimum atomic E-state index is -0.756. The van der Waals surface area contributed by atoms with Gasteiger partial charge in [-0.1, -0.05) is 29.5 Å². The highest BCUT2D eigenvalue weighted by Crippen LogP contribution is 2.45. The zero-order valence-electron chi connectivity index (χ0n) is 18.9. The van der Waals surface area contributed by atoms with Crippen molar-refractivity contribution in [1.82, 2.24) is 4.98 Å². The molecule has 1 aliphatic rings. The molecule has 172 valence electrons. The number of rotatable bonds is 5. The Morgan fingerprint density at radius 1 is 1.12 bits per heavy atom. The van der Waals surface area contributed by atoms with Gasteiger partial charge in [0.1, 0.15) is 17.6 Å². The monoisotopic (exact) mass is 490 g/mol. The number of amides is 1. The van der Waals surface area contributed by atoms with Crippen molar-refractivity contribution >= 4 is 55.5 Å². The molecule has 34 heavy (non-hydrogen) atoms. The number of ether oxygens (including phenoxy) is 1. The first-order valence-corrected chi connectivity index (χ1v) is 12.5. The van der Waals surface area contributed by atoms with Gasteiger partial charge in [-0.3, -0.25) is 14.5 Å². The number of aromatic nitrogens is 1. The van der Waals surface area contributed by atoms with Gasteiger partial charge in [-0.25, -0.2) is 4.98 Å². The highest BCUT2D eigenvalue weighted by Gasteiger charge is 2.48. The second kappa shape index (κ2) is 8.70. The van der Waals surface area contributed by atoms with Gasteiger partial charge in [-0.05, 0) is 67.6 Å². The van der Waals surface area contributed by atoms with Crippen LogP contribution in [0.2, 0.25) is 0 Å². The first kappa shape index (κ1) is 22.3. The molecule has 1 amide bonds. The predicted molar refractivity (Wildman–Crippen MR) is 136 cm³/mol. The van der Waals surface area contributed by atoms with Crippen molar-refractivity contribution in [2.45, 2.75) is 26.8 Å². The molecule has 3 heterocycles. The van der Waals surface area contributed by atoms with Gasteiger partial charge in [0, 0.05) is 10.4 Å². The van der Waals surface area contributed by atoms with Crippen LogP contribution in [0.3, 0.4) is 0 Å². The number of carbonyl (C=O) groups excluding carboxylic acids is 2. The van der Waals surface area contributed by atoms with Crippen LogP contribution in [0.1, 0.15) is 34.5 Å². The fourth-order valence-corrected chi connectivity index (χ4v) is 5.89. The number of carbonyl (C=O) groups is 2. The van der Waals surface area contributed by atoms with Crippen LogP contribution in [0.4, 0.5) is 5.13 Å². The van der Waals surface area contributed by atoms with Crippen LogP contribution in [-0.2, 0) is 9.59 Å². The van der Waals surface area contributed by atoms with Gasteiger partial charge in [0.25, 0.3) is 5.78 Å². The maximum atomic E-state index is 13.3. The minimum absolute atomic E-state index is 0.0740. The number of ketones is 1. The SMILES string of the molecule is CCOc1ccc2nc(N3C(=O)C(=O)/C(=C(/O)c4ccc(C)c(C)c4)C3c3cccs3)sc2c1. The summed E-state index contributed by atoms with van der Waals surface area (Å²) in [5.74, 6) is -0.879. The van der Waals surface area contributed by atoms with Crippen LogP contribution in [0.15, 0.2) is 59.5 Å². The van der Waals surface area contributed by atoms with E-state index in [1.165, 1.54) is 27.6 Å². The number of anilines is 1. The average molecular weight is 491 g/mol. The molecule has 6 nitrogen and oxygen atoms in total. The Kier molecular flexibility index (Phi) is 5.71. The molecule has 0 radical (unpaired) electrons. The number of aliphatic hydroxyl groups is 1. The molecule has 1 fully saturated rings. The van der Waals surface area contributed by atoms with E-state index in [2.05, 4.69) is 4.98 Å². The van der Waals surface area contributed by atoms with E-state index in [9.17, 15) is 14.7 Å². The summed E-state index contributed by atoms with van der Waals surface area (Å²) < 4.78 is 6.44. The molecule has 0 saturated carbocycles. The van der Waals surface area contributed by atoms with E-state index in [1.807, 2.05) is 68.6 Å². The number of Topliss-reactive ketones (excluding diaryl/α,β-unsaturated/α-hetero) is 1. The van der Waals surface area contributed by atoms with Gasteiger partial charge in [0.15, 0.2) is 5.13 Å². The molecule has 8 heteroatoms. The maximum absolute atomic E-state index is 13.3. The summed E-state index contributed by atoms with van der Waals surface area (Å²) >= 11 is 2.74. The van der Waals surface area contributed by atoms with E-state index in [0.29, 0.717) is 22.8 Å². The Morgan fingerprint density at radius 2 is 1.94 bits per heavy atom. The molecular weight excluding hydrogens is 468 g/mol. The van der Waals surface area contributed by atoms with Gasteiger partial charge in [-0.2, -0.15) is 0 Å². The molecule has 1 N–H and O–H groups in total. The topological polar surface area (TPSA) is 79.7 Å². The fraction of sp³-hybridized carbons (Fsp3) is 0.192. The third kappa shape index (κ3) is 3.69. The first-order valence-electron chi connectivity index (χ1n) is 10.8. The Labute approximate surface area is 204 Å². The van der Waals surface area contributed by atoms with Crippen molar-refractivity contribution in [3.05, 3.63) is 81.1 Å². The number of thiophene rings is 1. The number of nitrogens with zero attached hydrogens (tertiary/aromatic N) is 2. The van der Waals surface area contributed by atoms with Crippen LogP contribution in [0.25, 0.3) is 16.0 Å². The number of aliphatic hydroxyl groups excluding tert-OH is 1. The van der Waals surface area contributed by atoms with Crippen LogP contribution in [-0.4, -0.2) is 28.4 Å². The molecule has 4 aromatic rings. The molecule has 0 bridgehead atoms. The van der Waals surface area contributed by atoms with Crippen molar-refractivity contribution in [1.29, 1.82) is 0 Å². The van der Waals surface area contributed by atoms with Crippen LogP contribution in [0.5, 0.6) is 5.75 Å². The van der Waals surface area contributed by atoms with E-state index in [0.717, 1.165) is 26.5 Å². The molecule has 0 aliphatic carbocycles. The van der Waals surface area contributed by atoms with Gasteiger partial charge in [0.05, 0.1) is 22.4 Å². The molecule has 2 aromatic heterocycles. The Hall–Kier alpha value is -3.49. The molecule has 5 rings (SSSR count). The summed E-state index contributed by atoms with van der Waals surface area (Å²) in [4.78, 5) is 33.4. The number of benzene rings is 2. The Balaban J connectivity index is 1.67. The van der Waals surface area contributed by atoms with Crippen molar-refractivity contribution in [2.24, 2.45) is 0 Å². The summed E-state index contributed by atoms with van der Waals surface area (Å²) in [5.41, 5.74) is 3.36. The Morgan fingerprint density at radius 3 is 2.65 bits per heavy atom. The van der Waals surface area contributed by atoms with Crippen molar-refractivity contribution < 1.29 is 19.4 Å². The zero-order valence-corrected chi connectivity index (χ0v) is 20.5. The highest BCUT2D eigenvalue weighted by atomic mass is 32.1. The maximum Gasteiger partial charge on any atom is 0.301 e. The standard InChI is InChI=1S/C26H22N2O4S2/c1-4-32-17-9-10-18-20(13-17)34-26(27-18)28-22(19-6-5-11-33-19)21(24(30)25(28)31)23(29)16-8-7-14(2)15(3)12-16/h5-13,22,29H,4H2,1-3H3/b23-21+. The number of aryl methyl sites for hydroxylation is 2. The zero-order chi connectivity index (χ0) is 24.0. The smallest absolute Gasteiger partial charge is 0.301 e. The van der Waals surface area contributed by atoms with Crippen LogP contribution >= 0.6 is 22.7 Å². The number of hydrogen-bond acceptors (Lipinski definition) is 7. The van der Waals surface area contributed by atoms with E-state index in [1.54, 1.807) is 6.07 Å². The lowest BCUT2D eigenvalue weighted by molar-refractivity contribution is -0.132. The lowest BCUT2D eigenvalue weighted by atomic mass is 9.98. The number of fused-ring (bicyclic) bond motifs is 1. The number of thiazole rings is 1. The van der Waals surface area contributed by atoms with E-state index in [-0.39, 0.29) is 11.3 Å². The second-order valence-corrected chi connectivity index (χ2v) is 10.0. The van der Waals surface area contributed by atoms with Gasteiger partial charge >= 0.3 is 5.91 Å². The molecule has 2 aromatic carbocycles. The molecule has 1 aliphatic heterocycles. The quantitative estimate of drug-likeness (QED) is 0.211. The van der Waals surface area contributed by atoms with Crippen molar-refractivity contribution in [2.75, 3.05) is 11.5 Å². The summed E-state index contributed by atoms with van der Waals surface area (Å²) in [6.07, 6.45) is 0. The summed E-state index contributed by atoms with van der Waals surface area (Å²) in [7, 11) is 0. The fourth-order valence-electron chi connectivity index (χ4n) is 4.04. The van der Waals surface area contributed by atoms with Gasteiger partial charge < -0.3 is 9.84 Å². The minimum Gasteiger partial charge on any atom is -0.507 e. The second-order valence-electron chi connectivity index (χ2n) is 8.04. The molecule has 1 unspecified atom stereocenters. The predicted octanol–water partition coefficient (Wildman–Crippen LogP) is 6.00. The summed E-state index contributed by atoms with van der Waals surface area (Å²) in [6.45, 7) is 6.38. The third-order valence-electron chi connectivity index (χ3n) is 5.90. The number of hydrogen-bond donors (Lipinski definition) is 1. The van der Waals surface area contributed by atoms with Gasteiger partial charge in [0.2, 0.25) is 0 Å². The molecular formula is C26H22N2O4S2. The van der Waals surface area contributed by atoms with Gasteiger partial charge in [-0.15, -0.1) is 11.3 Å². The van der Waals surface area contributed by atoms with Crippen molar-refractivity contribution in [3.63, 3.8) is 0 Å². The van der Waals surface area contributed by atoms with E-state index < -0.39 is 17.7 Å². The normalized spacial score (nSPS) is 17.6. The van der Waals surface area contributed by atoms with Crippen LogP contribution in [0, 0.1) is 13.8 Å².